The predicted octanol–water partition coefficient (Wildman–Crippen LogP) is 5.69. The van der Waals surface area contributed by atoms with Gasteiger partial charge in [0.05, 0.1) is 5.60 Å². The summed E-state index contributed by atoms with van der Waals surface area (Å²) >= 11 is 0. The van der Waals surface area contributed by atoms with Gasteiger partial charge in [-0.1, -0.05) is 48.0 Å². The van der Waals surface area contributed by atoms with Crippen molar-refractivity contribution in [2.24, 2.45) is 0 Å². The van der Waals surface area contributed by atoms with E-state index in [0.717, 1.165) is 22.6 Å². The van der Waals surface area contributed by atoms with Crippen LogP contribution in [-0.2, 0) is 5.60 Å². The van der Waals surface area contributed by atoms with E-state index in [9.17, 15) is 5.11 Å². The highest BCUT2D eigenvalue weighted by atomic mass is 16.3. The topological polar surface area (TPSA) is 23.5 Å². The van der Waals surface area contributed by atoms with Crippen LogP contribution in [0.4, 0.5) is 17.1 Å². The van der Waals surface area contributed by atoms with E-state index in [1.165, 1.54) is 5.56 Å². The third kappa shape index (κ3) is 3.50. The molecule has 2 heteroatoms. The molecule has 2 nitrogen and oxygen atoms in total. The molecule has 0 fully saturated rings. The van der Waals surface area contributed by atoms with Crippen LogP contribution in [0, 0.1) is 6.92 Å². The zero-order valence-electron chi connectivity index (χ0n) is 14.4. The van der Waals surface area contributed by atoms with E-state index in [0.29, 0.717) is 0 Å². The fourth-order valence-electron chi connectivity index (χ4n) is 2.74. The lowest BCUT2D eigenvalue weighted by molar-refractivity contribution is 0.0786. The highest BCUT2D eigenvalue weighted by Gasteiger charge is 2.17. The van der Waals surface area contributed by atoms with Gasteiger partial charge in [-0.15, -0.1) is 0 Å². The number of hydrogen-bond acceptors (Lipinski definition) is 2. The zero-order valence-corrected chi connectivity index (χ0v) is 14.4. The first-order valence-electron chi connectivity index (χ1n) is 8.20. The molecule has 0 aliphatic rings. The second-order valence-electron chi connectivity index (χ2n) is 6.61. The average Bonchev–Trinajstić information content (AvgIpc) is 2.58. The molecule has 122 valence electrons. The second kappa shape index (κ2) is 6.50. The van der Waals surface area contributed by atoms with Gasteiger partial charge >= 0.3 is 0 Å². The molecule has 3 aromatic carbocycles. The van der Waals surface area contributed by atoms with E-state index < -0.39 is 5.60 Å². The molecule has 0 saturated carbocycles. The standard InChI is InChI=1S/C22H23NO/c1-17-9-13-20(14-10-17)23(19-7-5-4-6-8-19)21-15-11-18(12-16-21)22(2,3)24/h4-16,24H,1-3H3. The first-order valence-corrected chi connectivity index (χ1v) is 8.20. The number of aliphatic hydroxyl groups is 1. The molecule has 1 N–H and O–H groups in total. The molecular weight excluding hydrogens is 294 g/mol. The molecule has 0 radical (unpaired) electrons. The van der Waals surface area contributed by atoms with Gasteiger partial charge in [-0.3, -0.25) is 0 Å². The maximum atomic E-state index is 10.2. The molecule has 0 bridgehead atoms. The summed E-state index contributed by atoms with van der Waals surface area (Å²) in [5.41, 5.74) is 4.60. The Balaban J connectivity index is 2.06. The van der Waals surface area contributed by atoms with Gasteiger partial charge in [0.2, 0.25) is 0 Å². The Morgan fingerprint density at radius 2 is 1.12 bits per heavy atom. The Bertz CT molecular complexity index is 784. The van der Waals surface area contributed by atoms with Crippen LogP contribution in [0.1, 0.15) is 25.0 Å². The summed E-state index contributed by atoms with van der Waals surface area (Å²) in [5.74, 6) is 0. The van der Waals surface area contributed by atoms with Crippen LogP contribution in [0.2, 0.25) is 0 Å². The van der Waals surface area contributed by atoms with Crippen LogP contribution in [0.3, 0.4) is 0 Å². The monoisotopic (exact) mass is 317 g/mol. The van der Waals surface area contributed by atoms with Crippen molar-refractivity contribution in [2.45, 2.75) is 26.4 Å². The summed E-state index contributed by atoms with van der Waals surface area (Å²) in [7, 11) is 0. The lowest BCUT2D eigenvalue weighted by Gasteiger charge is -2.26. The van der Waals surface area contributed by atoms with Gasteiger partial charge in [0.15, 0.2) is 0 Å². The van der Waals surface area contributed by atoms with E-state index in [2.05, 4.69) is 60.4 Å². The van der Waals surface area contributed by atoms with Crippen molar-refractivity contribution in [2.75, 3.05) is 4.90 Å². The summed E-state index contributed by atoms with van der Waals surface area (Å²) < 4.78 is 0. The van der Waals surface area contributed by atoms with Crippen molar-refractivity contribution in [1.82, 2.24) is 0 Å². The summed E-state index contributed by atoms with van der Waals surface area (Å²) in [6.45, 7) is 5.70. The van der Waals surface area contributed by atoms with Gasteiger partial charge in [0.1, 0.15) is 0 Å². The van der Waals surface area contributed by atoms with Crippen molar-refractivity contribution in [3.8, 4) is 0 Å². The van der Waals surface area contributed by atoms with Crippen molar-refractivity contribution in [3.05, 3.63) is 90.0 Å². The quantitative estimate of drug-likeness (QED) is 0.668. The molecule has 0 atom stereocenters. The van der Waals surface area contributed by atoms with Crippen LogP contribution >= 0.6 is 0 Å². The third-order valence-electron chi connectivity index (χ3n) is 4.14. The molecule has 0 aromatic heterocycles. The summed E-state index contributed by atoms with van der Waals surface area (Å²) in [6, 6.07) is 26.9. The first kappa shape index (κ1) is 16.3. The Morgan fingerprint density at radius 1 is 0.667 bits per heavy atom. The van der Waals surface area contributed by atoms with E-state index in [1.807, 2.05) is 30.3 Å². The third-order valence-corrected chi connectivity index (χ3v) is 4.14. The minimum Gasteiger partial charge on any atom is -0.386 e. The molecular formula is C22H23NO. The summed E-state index contributed by atoms with van der Waals surface area (Å²) in [4.78, 5) is 2.22. The molecule has 0 aliphatic heterocycles. The van der Waals surface area contributed by atoms with Crippen molar-refractivity contribution >= 4 is 17.1 Å². The van der Waals surface area contributed by atoms with Crippen molar-refractivity contribution in [3.63, 3.8) is 0 Å². The zero-order chi connectivity index (χ0) is 17.2. The maximum absolute atomic E-state index is 10.2. The molecule has 0 aliphatic carbocycles. The number of para-hydroxylation sites is 1. The summed E-state index contributed by atoms with van der Waals surface area (Å²) in [5, 5.41) is 10.2. The van der Waals surface area contributed by atoms with E-state index in [-0.39, 0.29) is 0 Å². The van der Waals surface area contributed by atoms with Crippen LogP contribution < -0.4 is 4.90 Å². The Hall–Kier alpha value is -2.58. The molecule has 3 rings (SSSR count). The summed E-state index contributed by atoms with van der Waals surface area (Å²) in [6.07, 6.45) is 0. The van der Waals surface area contributed by atoms with Crippen LogP contribution in [0.15, 0.2) is 78.9 Å². The minimum atomic E-state index is -0.833. The SMILES string of the molecule is Cc1ccc(N(c2ccccc2)c2ccc(C(C)(C)O)cc2)cc1. The Labute approximate surface area is 144 Å². The van der Waals surface area contributed by atoms with E-state index in [4.69, 9.17) is 0 Å². The lowest BCUT2D eigenvalue weighted by atomic mass is 9.98. The van der Waals surface area contributed by atoms with Crippen LogP contribution in [0.5, 0.6) is 0 Å². The highest BCUT2D eigenvalue weighted by Crippen LogP contribution is 2.35. The van der Waals surface area contributed by atoms with Gasteiger partial charge in [-0.05, 0) is 62.7 Å². The van der Waals surface area contributed by atoms with Gasteiger partial charge in [-0.2, -0.15) is 0 Å². The van der Waals surface area contributed by atoms with Crippen molar-refractivity contribution in [1.29, 1.82) is 0 Å². The number of aryl methyl sites for hydroxylation is 1. The smallest absolute Gasteiger partial charge is 0.0840 e. The van der Waals surface area contributed by atoms with Crippen LogP contribution in [-0.4, -0.2) is 5.11 Å². The number of hydrogen-bond donors (Lipinski definition) is 1. The van der Waals surface area contributed by atoms with Crippen molar-refractivity contribution < 1.29 is 5.11 Å². The van der Waals surface area contributed by atoms with E-state index >= 15 is 0 Å². The Kier molecular flexibility index (Phi) is 4.41. The number of benzene rings is 3. The molecule has 0 spiro atoms. The molecule has 3 aromatic rings. The number of nitrogens with zero attached hydrogens (tertiary/aromatic N) is 1. The highest BCUT2D eigenvalue weighted by molar-refractivity contribution is 5.76. The maximum Gasteiger partial charge on any atom is 0.0840 e. The molecule has 0 amide bonds. The normalized spacial score (nSPS) is 11.3. The van der Waals surface area contributed by atoms with Crippen LogP contribution in [0.25, 0.3) is 0 Å². The van der Waals surface area contributed by atoms with Gasteiger partial charge < -0.3 is 10.0 Å². The fraction of sp³-hybridized carbons (Fsp3) is 0.182. The number of anilines is 3. The molecule has 24 heavy (non-hydrogen) atoms. The Morgan fingerprint density at radius 3 is 1.62 bits per heavy atom. The van der Waals surface area contributed by atoms with Gasteiger partial charge in [0, 0.05) is 17.1 Å². The largest absolute Gasteiger partial charge is 0.386 e. The first-order chi connectivity index (χ1) is 11.4. The molecule has 0 saturated heterocycles. The minimum absolute atomic E-state index is 0.833. The lowest BCUT2D eigenvalue weighted by Crippen LogP contribution is -2.16. The molecule has 0 unspecified atom stereocenters. The van der Waals surface area contributed by atoms with E-state index in [1.54, 1.807) is 13.8 Å². The van der Waals surface area contributed by atoms with Gasteiger partial charge in [0.25, 0.3) is 0 Å². The fourth-order valence-corrected chi connectivity index (χ4v) is 2.74. The van der Waals surface area contributed by atoms with Gasteiger partial charge in [-0.25, -0.2) is 0 Å². The predicted molar refractivity (Wildman–Crippen MR) is 101 cm³/mol. The second-order valence-corrected chi connectivity index (χ2v) is 6.61. The number of rotatable bonds is 4. The molecule has 0 heterocycles. The average molecular weight is 317 g/mol.